The molecule has 0 unspecified atom stereocenters. The van der Waals surface area contributed by atoms with Gasteiger partial charge in [0.25, 0.3) is 0 Å². The number of unbranched alkanes of at least 4 members (excludes halogenated alkanes) is 10. The molecule has 0 fully saturated rings. The molecule has 0 saturated heterocycles. The molecule has 3 nitrogen and oxygen atoms in total. The molecule has 0 aromatic heterocycles. The molecule has 2 aromatic rings. The van der Waals surface area contributed by atoms with E-state index in [0.29, 0.717) is 17.4 Å². The molecule has 0 N–H and O–H groups in total. The van der Waals surface area contributed by atoms with Crippen molar-refractivity contribution in [3.63, 3.8) is 0 Å². The average Bonchev–Trinajstić information content (AvgIpc) is 2.72. The summed E-state index contributed by atoms with van der Waals surface area (Å²) in [5.41, 5.74) is 1.90. The van der Waals surface area contributed by atoms with Crippen LogP contribution in [0.1, 0.15) is 102 Å². The van der Waals surface area contributed by atoms with Gasteiger partial charge in [-0.15, -0.1) is 0 Å². The maximum absolute atomic E-state index is 12.1. The van der Waals surface area contributed by atoms with Crippen LogP contribution in [0, 0.1) is 0 Å². The first-order valence-electron chi connectivity index (χ1n) is 12.0. The Labute approximate surface area is 233 Å². The minimum atomic E-state index is -4.50. The maximum Gasteiger partial charge on any atom is 1.00 e. The Morgan fingerprint density at radius 1 is 0.710 bits per heavy atom. The van der Waals surface area contributed by atoms with E-state index in [2.05, 4.69) is 19.9 Å². The minimum Gasteiger partial charge on any atom is -0.744 e. The van der Waals surface area contributed by atoms with Crippen LogP contribution in [0.25, 0.3) is 10.8 Å². The first kappa shape index (κ1) is 29.3. The Morgan fingerprint density at radius 2 is 1.26 bits per heavy atom. The number of hydrogen-bond acceptors (Lipinski definition) is 3. The summed E-state index contributed by atoms with van der Waals surface area (Å²) >= 11 is 0. The van der Waals surface area contributed by atoms with E-state index in [0.717, 1.165) is 31.1 Å². The van der Waals surface area contributed by atoms with E-state index in [-0.39, 0.29) is 56.3 Å². The van der Waals surface area contributed by atoms with Gasteiger partial charge in [0, 0.05) is 0 Å². The summed E-state index contributed by atoms with van der Waals surface area (Å²) < 4.78 is 36.2. The molecule has 0 radical (unpaired) electrons. The molecular weight excluding hydrogens is 431 g/mol. The molecule has 5 heteroatoms. The monoisotopic (exact) mass is 470 g/mol. The third-order valence-corrected chi connectivity index (χ3v) is 6.97. The zero-order valence-electron chi connectivity index (χ0n) is 19.9. The van der Waals surface area contributed by atoms with Crippen LogP contribution in [0.3, 0.4) is 0 Å². The van der Waals surface area contributed by atoms with Gasteiger partial charge >= 0.3 is 51.4 Å². The summed E-state index contributed by atoms with van der Waals surface area (Å²) in [6.45, 7) is 4.42. The Bertz CT molecular complexity index is 878. The van der Waals surface area contributed by atoms with E-state index < -0.39 is 10.1 Å². The van der Waals surface area contributed by atoms with Gasteiger partial charge in [0.05, 0.1) is 4.90 Å². The third-order valence-electron chi connectivity index (χ3n) is 5.99. The van der Waals surface area contributed by atoms with Crippen LogP contribution in [0.15, 0.2) is 35.2 Å². The van der Waals surface area contributed by atoms with Crippen molar-refractivity contribution in [3.05, 3.63) is 41.5 Å². The quantitative estimate of drug-likeness (QED) is 0.218. The third kappa shape index (κ3) is 10.4. The van der Waals surface area contributed by atoms with Crippen LogP contribution < -0.4 is 51.4 Å². The number of aryl methyl sites for hydroxylation is 2. The summed E-state index contributed by atoms with van der Waals surface area (Å²) in [5, 5.41) is 1.44. The molecular formula is C26H39KO3S. The van der Waals surface area contributed by atoms with E-state index >= 15 is 0 Å². The van der Waals surface area contributed by atoms with E-state index in [4.69, 9.17) is 0 Å². The second kappa shape index (κ2) is 16.0. The van der Waals surface area contributed by atoms with E-state index in [1.807, 2.05) is 24.3 Å². The predicted octanol–water partition coefficient (Wildman–Crippen LogP) is 4.55. The van der Waals surface area contributed by atoms with Crippen molar-refractivity contribution in [2.24, 2.45) is 0 Å². The van der Waals surface area contributed by atoms with Crippen LogP contribution in [0.5, 0.6) is 0 Å². The topological polar surface area (TPSA) is 57.2 Å². The van der Waals surface area contributed by atoms with Gasteiger partial charge in [0.2, 0.25) is 0 Å². The Hall–Kier alpha value is 0.246. The maximum atomic E-state index is 12.1. The summed E-state index contributed by atoms with van der Waals surface area (Å²) in [4.78, 5) is -0.000302. The summed E-state index contributed by atoms with van der Waals surface area (Å²) in [6.07, 6.45) is 16.0. The molecule has 0 aliphatic heterocycles. The second-order valence-corrected chi connectivity index (χ2v) is 9.92. The van der Waals surface area contributed by atoms with E-state index in [1.165, 1.54) is 63.4 Å². The zero-order chi connectivity index (χ0) is 21.8. The van der Waals surface area contributed by atoms with Crippen molar-refractivity contribution < 1.29 is 64.4 Å². The zero-order valence-corrected chi connectivity index (χ0v) is 23.9. The smallest absolute Gasteiger partial charge is 0.744 e. The standard InChI is InChI=1S/C26H40O3S.K/c1-3-5-7-9-11-13-15-22-17-20-25-24(21-22)19-18-23(26(25)30(27,28)29)16-14-12-10-8-6-4-2;/h17-21H,3-16H2,1-2H3,(H,27,28,29);/q;+1/p-1. The molecule has 0 heterocycles. The molecule has 168 valence electrons. The van der Waals surface area contributed by atoms with Crippen LogP contribution in [0.4, 0.5) is 0 Å². The van der Waals surface area contributed by atoms with Crippen molar-refractivity contribution in [1.29, 1.82) is 0 Å². The van der Waals surface area contributed by atoms with Crippen molar-refractivity contribution >= 4 is 20.9 Å². The first-order valence-corrected chi connectivity index (χ1v) is 13.4. The van der Waals surface area contributed by atoms with E-state index in [1.54, 1.807) is 0 Å². The number of benzene rings is 2. The van der Waals surface area contributed by atoms with Gasteiger partial charge in [0.15, 0.2) is 0 Å². The molecule has 2 rings (SSSR count). The first-order chi connectivity index (χ1) is 14.5. The normalized spacial score (nSPS) is 11.6. The van der Waals surface area contributed by atoms with Crippen LogP contribution >= 0.6 is 0 Å². The van der Waals surface area contributed by atoms with Crippen molar-refractivity contribution in [1.82, 2.24) is 0 Å². The fourth-order valence-electron chi connectivity index (χ4n) is 4.25. The van der Waals surface area contributed by atoms with E-state index in [9.17, 15) is 13.0 Å². The summed E-state index contributed by atoms with van der Waals surface area (Å²) in [7, 11) is -4.50. The van der Waals surface area contributed by atoms with Crippen LogP contribution in [-0.4, -0.2) is 13.0 Å². The van der Waals surface area contributed by atoms with Gasteiger partial charge in [-0.05, 0) is 47.6 Å². The van der Waals surface area contributed by atoms with Gasteiger partial charge in [-0.1, -0.05) is 108 Å². The molecule has 0 saturated carbocycles. The largest absolute Gasteiger partial charge is 1.00 e. The molecule has 2 aromatic carbocycles. The van der Waals surface area contributed by atoms with Gasteiger partial charge < -0.3 is 4.55 Å². The fraction of sp³-hybridized carbons (Fsp3) is 0.615. The van der Waals surface area contributed by atoms with Crippen LogP contribution in [-0.2, 0) is 23.0 Å². The Balaban J connectivity index is 0.00000480. The molecule has 0 atom stereocenters. The van der Waals surface area contributed by atoms with Crippen molar-refractivity contribution in [2.75, 3.05) is 0 Å². The predicted molar refractivity (Wildman–Crippen MR) is 126 cm³/mol. The summed E-state index contributed by atoms with van der Waals surface area (Å²) in [6, 6.07) is 9.74. The Kier molecular flexibility index (Phi) is 15.1. The van der Waals surface area contributed by atoms with Gasteiger partial charge in [-0.2, -0.15) is 0 Å². The SMILES string of the molecule is CCCCCCCCc1ccc2c(S(=O)(=O)[O-])c(CCCCCCCC)ccc2c1.[K+]. The molecule has 0 aliphatic carbocycles. The van der Waals surface area contributed by atoms with Crippen LogP contribution in [0.2, 0.25) is 0 Å². The molecule has 31 heavy (non-hydrogen) atoms. The summed E-state index contributed by atoms with van der Waals surface area (Å²) in [5.74, 6) is 0. The van der Waals surface area contributed by atoms with Gasteiger partial charge in [0.1, 0.15) is 10.1 Å². The number of fused-ring (bicyclic) bond motifs is 1. The average molecular weight is 471 g/mol. The van der Waals surface area contributed by atoms with Gasteiger partial charge in [-0.3, -0.25) is 0 Å². The number of hydrogen-bond donors (Lipinski definition) is 0. The molecule has 0 spiro atoms. The molecule has 0 amide bonds. The van der Waals surface area contributed by atoms with Crippen molar-refractivity contribution in [3.8, 4) is 0 Å². The second-order valence-electron chi connectivity index (χ2n) is 8.60. The van der Waals surface area contributed by atoms with Crippen molar-refractivity contribution in [2.45, 2.75) is 109 Å². The Morgan fingerprint density at radius 3 is 1.84 bits per heavy atom. The van der Waals surface area contributed by atoms with Gasteiger partial charge in [-0.25, -0.2) is 8.42 Å². The molecule has 0 aliphatic rings. The fourth-order valence-corrected chi connectivity index (χ4v) is 5.20. The molecule has 0 bridgehead atoms. The minimum absolute atomic E-state index is 0. The number of rotatable bonds is 15.